The molecular formula is C18H22N4O4. The van der Waals surface area contributed by atoms with Crippen LogP contribution in [0, 0.1) is 0 Å². The number of nitrogens with two attached hydrogens (primary N) is 1. The van der Waals surface area contributed by atoms with E-state index >= 15 is 0 Å². The molecular weight excluding hydrogens is 336 g/mol. The lowest BCUT2D eigenvalue weighted by atomic mass is 10.0. The quantitative estimate of drug-likeness (QED) is 0.739. The van der Waals surface area contributed by atoms with Crippen LogP contribution in [0.5, 0.6) is 0 Å². The van der Waals surface area contributed by atoms with Gasteiger partial charge in [-0.3, -0.25) is 9.36 Å². The van der Waals surface area contributed by atoms with Crippen LogP contribution in [0.4, 0.5) is 5.82 Å². The fourth-order valence-corrected chi connectivity index (χ4v) is 2.85. The van der Waals surface area contributed by atoms with Gasteiger partial charge in [0.15, 0.2) is 0 Å². The molecule has 0 saturated carbocycles. The summed E-state index contributed by atoms with van der Waals surface area (Å²) >= 11 is 0. The number of ether oxygens (including phenoxy) is 1. The minimum absolute atomic E-state index is 0.171. The lowest BCUT2D eigenvalue weighted by Gasteiger charge is -2.32. The Bertz CT molecular complexity index is 834. The number of anilines is 1. The van der Waals surface area contributed by atoms with E-state index in [4.69, 9.17) is 10.5 Å². The first kappa shape index (κ1) is 18.2. The summed E-state index contributed by atoms with van der Waals surface area (Å²) in [6.07, 6.45) is 1.09. The van der Waals surface area contributed by atoms with Crippen molar-refractivity contribution in [1.82, 2.24) is 9.55 Å². The Labute approximate surface area is 150 Å². The molecule has 2 heterocycles. The van der Waals surface area contributed by atoms with Crippen LogP contribution in [-0.2, 0) is 11.3 Å². The Morgan fingerprint density at radius 1 is 1.38 bits per heavy atom. The zero-order chi connectivity index (χ0) is 18.7. The maximum Gasteiger partial charge on any atom is 0.349 e. The van der Waals surface area contributed by atoms with Gasteiger partial charge in [-0.25, -0.2) is 4.79 Å². The second-order valence-electron chi connectivity index (χ2n) is 6.35. The van der Waals surface area contributed by atoms with Crippen LogP contribution in [0.25, 0.3) is 0 Å². The van der Waals surface area contributed by atoms with Crippen molar-refractivity contribution in [3.63, 3.8) is 0 Å². The van der Waals surface area contributed by atoms with Crippen molar-refractivity contribution in [3.8, 4) is 0 Å². The molecule has 1 aromatic carbocycles. The standard InChI is InChI=1S/C18H22N4O4/c1-11-15(23)8-14(10-26-11)22-7-6-16(21-18(22)25)20-17(24)13-4-2-12(9-19)3-5-13/h2-7,11,14-15,23H,8-10,19H2,1H3,(H,20,21,24,25)/t11-,14+,15-/m1/s1. The van der Waals surface area contributed by atoms with Gasteiger partial charge in [0.1, 0.15) is 5.82 Å². The minimum Gasteiger partial charge on any atom is -0.390 e. The van der Waals surface area contributed by atoms with Crippen LogP contribution in [0.15, 0.2) is 41.3 Å². The smallest absolute Gasteiger partial charge is 0.349 e. The number of aliphatic hydroxyl groups is 1. The highest BCUT2D eigenvalue weighted by atomic mass is 16.5. The number of amides is 1. The monoisotopic (exact) mass is 358 g/mol. The van der Waals surface area contributed by atoms with E-state index in [-0.39, 0.29) is 23.9 Å². The van der Waals surface area contributed by atoms with Crippen molar-refractivity contribution < 1.29 is 14.6 Å². The van der Waals surface area contributed by atoms with Crippen LogP contribution in [0.1, 0.15) is 35.3 Å². The molecule has 1 fully saturated rings. The maximum atomic E-state index is 12.3. The number of rotatable bonds is 4. The second kappa shape index (κ2) is 7.77. The topological polar surface area (TPSA) is 119 Å². The highest BCUT2D eigenvalue weighted by molar-refractivity contribution is 6.03. The Morgan fingerprint density at radius 2 is 2.12 bits per heavy atom. The molecule has 8 heteroatoms. The average molecular weight is 358 g/mol. The van der Waals surface area contributed by atoms with Gasteiger partial charge >= 0.3 is 5.69 Å². The van der Waals surface area contributed by atoms with E-state index < -0.39 is 11.8 Å². The van der Waals surface area contributed by atoms with Crippen molar-refractivity contribution in [2.75, 3.05) is 11.9 Å². The molecule has 0 bridgehead atoms. The normalized spacial score (nSPS) is 22.8. The zero-order valence-electron chi connectivity index (χ0n) is 14.5. The third-order valence-electron chi connectivity index (χ3n) is 4.52. The van der Waals surface area contributed by atoms with Crippen molar-refractivity contribution in [2.24, 2.45) is 5.73 Å². The summed E-state index contributed by atoms with van der Waals surface area (Å²) < 4.78 is 6.88. The van der Waals surface area contributed by atoms with Crippen LogP contribution in [-0.4, -0.2) is 39.4 Å². The van der Waals surface area contributed by atoms with Crippen LogP contribution >= 0.6 is 0 Å². The van der Waals surface area contributed by atoms with E-state index in [9.17, 15) is 14.7 Å². The molecule has 1 saturated heterocycles. The van der Waals surface area contributed by atoms with Gasteiger partial charge < -0.3 is 20.9 Å². The van der Waals surface area contributed by atoms with Gasteiger partial charge in [0.25, 0.3) is 5.91 Å². The van der Waals surface area contributed by atoms with E-state index in [1.165, 1.54) is 4.57 Å². The molecule has 2 aromatic rings. The number of nitrogens with one attached hydrogen (secondary N) is 1. The van der Waals surface area contributed by atoms with Crippen molar-refractivity contribution in [3.05, 3.63) is 58.1 Å². The molecule has 8 nitrogen and oxygen atoms in total. The molecule has 1 aliphatic rings. The SMILES string of the molecule is C[C@H]1OC[C@@H](n2ccc(NC(=O)c3ccc(CN)cc3)nc2=O)C[C@H]1O. The lowest BCUT2D eigenvalue weighted by molar-refractivity contribution is -0.0857. The van der Waals surface area contributed by atoms with Crippen LogP contribution < -0.4 is 16.7 Å². The Kier molecular flexibility index (Phi) is 5.46. The van der Waals surface area contributed by atoms with Gasteiger partial charge in [-0.1, -0.05) is 12.1 Å². The molecule has 3 atom stereocenters. The number of aromatic nitrogens is 2. The summed E-state index contributed by atoms with van der Waals surface area (Å²) in [6.45, 7) is 2.53. The van der Waals surface area contributed by atoms with Crippen molar-refractivity contribution in [2.45, 2.75) is 38.1 Å². The first-order chi connectivity index (χ1) is 12.5. The Balaban J connectivity index is 1.71. The molecule has 3 rings (SSSR count). The summed E-state index contributed by atoms with van der Waals surface area (Å²) in [5.74, 6) is -0.187. The molecule has 1 aromatic heterocycles. The molecule has 0 aliphatic carbocycles. The van der Waals surface area contributed by atoms with Gasteiger partial charge in [0.05, 0.1) is 24.9 Å². The van der Waals surface area contributed by atoms with E-state index in [0.717, 1.165) is 5.56 Å². The number of carbonyl (C=O) groups is 1. The molecule has 0 spiro atoms. The van der Waals surface area contributed by atoms with E-state index in [1.54, 1.807) is 43.5 Å². The molecule has 1 amide bonds. The minimum atomic E-state index is -0.628. The van der Waals surface area contributed by atoms with Gasteiger partial charge in [-0.05, 0) is 37.1 Å². The second-order valence-corrected chi connectivity index (χ2v) is 6.35. The number of aliphatic hydroxyl groups excluding tert-OH is 1. The highest BCUT2D eigenvalue weighted by Crippen LogP contribution is 2.22. The van der Waals surface area contributed by atoms with Gasteiger partial charge in [0.2, 0.25) is 0 Å². The third-order valence-corrected chi connectivity index (χ3v) is 4.52. The maximum absolute atomic E-state index is 12.3. The predicted molar refractivity (Wildman–Crippen MR) is 95.9 cm³/mol. The summed E-state index contributed by atoms with van der Waals surface area (Å²) in [6, 6.07) is 8.15. The molecule has 1 aliphatic heterocycles. The van der Waals surface area contributed by atoms with Crippen molar-refractivity contribution >= 4 is 11.7 Å². The van der Waals surface area contributed by atoms with Gasteiger partial charge in [-0.2, -0.15) is 4.98 Å². The summed E-state index contributed by atoms with van der Waals surface area (Å²) in [4.78, 5) is 28.4. The third kappa shape index (κ3) is 3.98. The number of hydrogen-bond acceptors (Lipinski definition) is 6. The number of benzene rings is 1. The average Bonchev–Trinajstić information content (AvgIpc) is 2.64. The molecule has 0 radical (unpaired) electrons. The molecule has 0 unspecified atom stereocenters. The fourth-order valence-electron chi connectivity index (χ4n) is 2.85. The van der Waals surface area contributed by atoms with Gasteiger partial charge in [0, 0.05) is 18.3 Å². The highest BCUT2D eigenvalue weighted by Gasteiger charge is 2.28. The van der Waals surface area contributed by atoms with Crippen molar-refractivity contribution in [1.29, 1.82) is 0 Å². The number of nitrogens with zero attached hydrogens (tertiary/aromatic N) is 2. The first-order valence-electron chi connectivity index (χ1n) is 8.47. The van der Waals surface area contributed by atoms with Gasteiger partial charge in [-0.15, -0.1) is 0 Å². The molecule has 4 N–H and O–H groups in total. The van der Waals surface area contributed by atoms with E-state index in [0.29, 0.717) is 25.1 Å². The number of hydrogen-bond donors (Lipinski definition) is 3. The Hall–Kier alpha value is -2.55. The summed E-state index contributed by atoms with van der Waals surface area (Å²) in [7, 11) is 0. The number of carbonyl (C=O) groups excluding carboxylic acids is 1. The van der Waals surface area contributed by atoms with Crippen LogP contribution in [0.2, 0.25) is 0 Å². The van der Waals surface area contributed by atoms with Crippen LogP contribution in [0.3, 0.4) is 0 Å². The fraction of sp³-hybridized carbons (Fsp3) is 0.389. The molecule has 26 heavy (non-hydrogen) atoms. The first-order valence-corrected chi connectivity index (χ1v) is 8.47. The zero-order valence-corrected chi connectivity index (χ0v) is 14.5. The predicted octanol–water partition coefficient (Wildman–Crippen LogP) is 0.665. The lowest BCUT2D eigenvalue weighted by Crippen LogP contribution is -2.41. The summed E-state index contributed by atoms with van der Waals surface area (Å²) in [5, 5.41) is 12.5. The molecule has 138 valence electrons. The largest absolute Gasteiger partial charge is 0.390 e. The van der Waals surface area contributed by atoms with E-state index in [2.05, 4.69) is 10.3 Å². The summed E-state index contributed by atoms with van der Waals surface area (Å²) in [5.41, 5.74) is 6.41. The van der Waals surface area contributed by atoms with E-state index in [1.807, 2.05) is 0 Å². The Morgan fingerprint density at radius 3 is 2.73 bits per heavy atom.